The van der Waals surface area contributed by atoms with Crippen LogP contribution in [0.4, 0.5) is 5.69 Å². The molecule has 0 spiro atoms. The molecule has 1 aromatic heterocycles. The normalized spacial score (nSPS) is 15.5. The van der Waals surface area contributed by atoms with Crippen molar-refractivity contribution in [2.75, 3.05) is 23.0 Å². The van der Waals surface area contributed by atoms with Crippen LogP contribution in [0.1, 0.15) is 17.8 Å². The largest absolute Gasteiger partial charge is 0.748 e. The SMILES string of the molecule is O=S(=O)([O-])CCC[n+]1c(/C=C2\Sc3ccccc3N2CCCS(=O)(=O)O)sc2ccccc21. The Bertz CT molecular complexity index is 1410. The fourth-order valence-electron chi connectivity index (χ4n) is 3.69. The predicted octanol–water partition coefficient (Wildman–Crippen LogP) is 3.31. The van der Waals surface area contributed by atoms with Crippen molar-refractivity contribution in [3.8, 4) is 0 Å². The quantitative estimate of drug-likeness (QED) is 0.333. The van der Waals surface area contributed by atoms with Gasteiger partial charge in [0, 0.05) is 29.7 Å². The maximum absolute atomic E-state index is 11.2. The summed E-state index contributed by atoms with van der Waals surface area (Å²) in [6.45, 7) is 0.792. The third-order valence-electron chi connectivity index (χ3n) is 5.08. The Hall–Kier alpha value is -1.96. The Morgan fingerprint density at radius 1 is 1.00 bits per heavy atom. The fourth-order valence-corrected chi connectivity index (χ4v) is 6.99. The number of hydrogen-bond acceptors (Lipinski definition) is 8. The minimum Gasteiger partial charge on any atom is -0.748 e. The van der Waals surface area contributed by atoms with Crippen molar-refractivity contribution in [3.05, 3.63) is 58.6 Å². The number of anilines is 1. The molecule has 1 N–H and O–H groups in total. The van der Waals surface area contributed by atoms with Crippen LogP contribution in [-0.4, -0.2) is 44.0 Å². The van der Waals surface area contributed by atoms with Gasteiger partial charge in [-0.05, 0) is 24.6 Å². The Morgan fingerprint density at radius 2 is 1.73 bits per heavy atom. The zero-order chi connectivity index (χ0) is 23.6. The van der Waals surface area contributed by atoms with Crippen LogP contribution in [0, 0.1) is 0 Å². The topological polar surface area (TPSA) is 119 Å². The number of benzene rings is 2. The van der Waals surface area contributed by atoms with Crippen molar-refractivity contribution in [3.63, 3.8) is 0 Å². The molecular weight excluding hydrogens is 505 g/mol. The van der Waals surface area contributed by atoms with E-state index in [9.17, 15) is 21.4 Å². The molecule has 176 valence electrons. The summed E-state index contributed by atoms with van der Waals surface area (Å²) in [6, 6.07) is 15.6. The third kappa shape index (κ3) is 6.14. The molecule has 3 aromatic rings. The average molecular weight is 527 g/mol. The molecule has 2 heterocycles. The first-order chi connectivity index (χ1) is 15.6. The van der Waals surface area contributed by atoms with E-state index >= 15 is 0 Å². The van der Waals surface area contributed by atoms with Crippen LogP contribution in [0.3, 0.4) is 0 Å². The van der Waals surface area contributed by atoms with Crippen molar-refractivity contribution < 1.29 is 30.5 Å². The van der Waals surface area contributed by atoms with Gasteiger partial charge in [0.15, 0.2) is 6.54 Å². The highest BCUT2D eigenvalue weighted by molar-refractivity contribution is 8.03. The van der Waals surface area contributed by atoms with Crippen molar-refractivity contribution >= 4 is 65.3 Å². The molecule has 0 radical (unpaired) electrons. The number of fused-ring (bicyclic) bond motifs is 2. The highest BCUT2D eigenvalue weighted by Crippen LogP contribution is 2.46. The van der Waals surface area contributed by atoms with Gasteiger partial charge in [-0.2, -0.15) is 13.0 Å². The number of nitrogens with zero attached hydrogens (tertiary/aromatic N) is 2. The van der Waals surface area contributed by atoms with E-state index in [1.54, 1.807) is 23.1 Å². The summed E-state index contributed by atoms with van der Waals surface area (Å²) in [5.41, 5.74) is 1.92. The van der Waals surface area contributed by atoms with Gasteiger partial charge >= 0.3 is 0 Å². The molecule has 0 fully saturated rings. The Kier molecular flexibility index (Phi) is 7.12. The summed E-state index contributed by atoms with van der Waals surface area (Å²) in [7, 11) is -8.34. The van der Waals surface area contributed by atoms with Gasteiger partial charge in [0.2, 0.25) is 5.52 Å². The molecule has 0 bridgehead atoms. The van der Waals surface area contributed by atoms with E-state index in [4.69, 9.17) is 4.55 Å². The monoisotopic (exact) mass is 526 g/mol. The summed E-state index contributed by atoms with van der Waals surface area (Å²) in [4.78, 5) is 3.07. The second kappa shape index (κ2) is 9.72. The second-order valence-corrected chi connectivity index (χ2v) is 12.7. The molecule has 1 aliphatic heterocycles. The van der Waals surface area contributed by atoms with Crippen molar-refractivity contribution in [2.45, 2.75) is 24.3 Å². The molecule has 33 heavy (non-hydrogen) atoms. The lowest BCUT2D eigenvalue weighted by molar-refractivity contribution is -0.668. The van der Waals surface area contributed by atoms with E-state index in [2.05, 4.69) is 0 Å². The van der Waals surface area contributed by atoms with Crippen LogP contribution in [0.15, 0.2) is 58.5 Å². The van der Waals surface area contributed by atoms with Crippen molar-refractivity contribution in [2.24, 2.45) is 0 Å². The maximum Gasteiger partial charge on any atom is 0.265 e. The number of aryl methyl sites for hydroxylation is 1. The summed E-state index contributed by atoms with van der Waals surface area (Å²) in [5, 5.41) is 1.80. The van der Waals surface area contributed by atoms with E-state index in [0.717, 1.165) is 30.8 Å². The standard InChI is InChI=1S/C21H22N2O6S4/c24-32(25,26)13-5-11-22-16-7-1-3-9-18(16)30-20(22)15-21-23(12-6-14-33(27,28)29)17-8-2-4-10-19(17)31-21/h1-4,7-10,15H,5-6,11-14H2,(H-,24,25,26,27,28,29). The molecule has 0 saturated heterocycles. The van der Waals surface area contributed by atoms with Gasteiger partial charge in [-0.25, -0.2) is 8.42 Å². The Balaban J connectivity index is 1.68. The molecule has 1 aliphatic rings. The molecule has 0 aliphatic carbocycles. The van der Waals surface area contributed by atoms with Gasteiger partial charge in [0.05, 0.1) is 32.7 Å². The number of para-hydroxylation sites is 2. The van der Waals surface area contributed by atoms with Crippen LogP contribution in [0.2, 0.25) is 0 Å². The van der Waals surface area contributed by atoms with Crippen LogP contribution < -0.4 is 9.47 Å². The molecule has 4 rings (SSSR count). The minimum absolute atomic E-state index is 0.207. The van der Waals surface area contributed by atoms with Gasteiger partial charge in [-0.3, -0.25) is 4.55 Å². The van der Waals surface area contributed by atoms with Crippen LogP contribution in [0.5, 0.6) is 0 Å². The predicted molar refractivity (Wildman–Crippen MR) is 130 cm³/mol. The summed E-state index contributed by atoms with van der Waals surface area (Å²) in [6.07, 6.45) is 2.48. The lowest BCUT2D eigenvalue weighted by atomic mass is 10.3. The van der Waals surface area contributed by atoms with E-state index in [1.807, 2.05) is 64.1 Å². The second-order valence-electron chi connectivity index (χ2n) is 7.52. The average Bonchev–Trinajstić information content (AvgIpc) is 3.25. The zero-order valence-corrected chi connectivity index (χ0v) is 20.7. The Morgan fingerprint density at radius 3 is 2.48 bits per heavy atom. The van der Waals surface area contributed by atoms with Gasteiger partial charge in [0.25, 0.3) is 15.1 Å². The molecule has 0 saturated carbocycles. The van der Waals surface area contributed by atoms with Crippen LogP contribution >= 0.6 is 23.1 Å². The lowest BCUT2D eigenvalue weighted by Crippen LogP contribution is -2.36. The number of aromatic nitrogens is 1. The first-order valence-electron chi connectivity index (χ1n) is 10.2. The summed E-state index contributed by atoms with van der Waals surface area (Å²) < 4.78 is 67.8. The van der Waals surface area contributed by atoms with E-state index in [0.29, 0.717) is 13.1 Å². The molecule has 12 heteroatoms. The zero-order valence-electron chi connectivity index (χ0n) is 17.5. The van der Waals surface area contributed by atoms with Gasteiger partial charge in [0.1, 0.15) is 4.70 Å². The van der Waals surface area contributed by atoms with Crippen LogP contribution in [-0.2, 0) is 26.8 Å². The number of rotatable bonds is 9. The fraction of sp³-hybridized carbons (Fsp3) is 0.286. The number of hydrogen-bond donors (Lipinski definition) is 1. The number of thioether (sulfide) groups is 1. The molecule has 0 atom stereocenters. The van der Waals surface area contributed by atoms with Crippen molar-refractivity contribution in [1.29, 1.82) is 0 Å². The molecular formula is C21H22N2O6S4. The van der Waals surface area contributed by atoms with Crippen molar-refractivity contribution in [1.82, 2.24) is 0 Å². The lowest BCUT2D eigenvalue weighted by Gasteiger charge is -2.19. The highest BCUT2D eigenvalue weighted by Gasteiger charge is 2.27. The minimum atomic E-state index is -4.29. The van der Waals surface area contributed by atoms with E-state index in [-0.39, 0.29) is 18.6 Å². The van der Waals surface area contributed by atoms with E-state index in [1.165, 1.54) is 0 Å². The molecule has 0 amide bonds. The Labute approximate surface area is 201 Å². The first-order valence-corrected chi connectivity index (χ1v) is 15.0. The van der Waals surface area contributed by atoms with E-state index < -0.39 is 26.0 Å². The molecule has 8 nitrogen and oxygen atoms in total. The molecule has 0 unspecified atom stereocenters. The maximum atomic E-state index is 11.2. The van der Waals surface area contributed by atoms with Crippen LogP contribution in [0.25, 0.3) is 16.3 Å². The highest BCUT2D eigenvalue weighted by atomic mass is 32.2. The molecule has 2 aromatic carbocycles. The number of thiazole rings is 1. The third-order valence-corrected chi connectivity index (χ3v) is 8.90. The first kappa shape index (κ1) is 24.2. The summed E-state index contributed by atoms with van der Waals surface area (Å²) in [5.74, 6) is -0.752. The van der Waals surface area contributed by atoms with Gasteiger partial charge in [-0.15, -0.1) is 0 Å². The van der Waals surface area contributed by atoms with Gasteiger partial charge < -0.3 is 9.45 Å². The summed E-state index contributed by atoms with van der Waals surface area (Å²) >= 11 is 3.13. The van der Waals surface area contributed by atoms with Gasteiger partial charge in [-0.1, -0.05) is 47.4 Å². The smallest absolute Gasteiger partial charge is 0.265 e.